The van der Waals surface area contributed by atoms with Gasteiger partial charge in [0, 0.05) is 22.9 Å². The third-order valence-corrected chi connectivity index (χ3v) is 4.52. The van der Waals surface area contributed by atoms with Crippen molar-refractivity contribution >= 4 is 34.9 Å². The molecule has 0 radical (unpaired) electrons. The molecule has 1 heterocycles. The van der Waals surface area contributed by atoms with Crippen LogP contribution in [0.5, 0.6) is 5.75 Å². The molecule has 0 saturated carbocycles. The molecule has 136 valence electrons. The first-order chi connectivity index (χ1) is 12.6. The number of rotatable bonds is 4. The summed E-state index contributed by atoms with van der Waals surface area (Å²) in [6.45, 7) is 0.542. The first-order valence-electron chi connectivity index (χ1n) is 8.35. The molecule has 0 aliphatic carbocycles. The maximum Gasteiger partial charge on any atom is 0.322 e. The standard InChI is InChI=1S/C19H20ClN3O3/c1-26-16-10-8-14(9-11-16)21-18(24)17-3-2-12-23(17)19(25)22-15-6-4-13(20)5-7-15/h4-11,17H,2-3,12H2,1H3,(H,21,24)(H,22,25). The van der Waals surface area contributed by atoms with E-state index in [1.54, 1.807) is 60.5 Å². The number of anilines is 2. The molecule has 0 spiro atoms. The van der Waals surface area contributed by atoms with Gasteiger partial charge in [-0.25, -0.2) is 4.79 Å². The topological polar surface area (TPSA) is 70.7 Å². The van der Waals surface area contributed by atoms with Crippen molar-refractivity contribution in [2.75, 3.05) is 24.3 Å². The first kappa shape index (κ1) is 18.1. The largest absolute Gasteiger partial charge is 0.497 e. The van der Waals surface area contributed by atoms with Crippen LogP contribution in [-0.4, -0.2) is 36.5 Å². The quantitative estimate of drug-likeness (QED) is 0.851. The van der Waals surface area contributed by atoms with E-state index in [0.717, 1.165) is 6.42 Å². The number of methoxy groups -OCH3 is 1. The van der Waals surface area contributed by atoms with Crippen LogP contribution >= 0.6 is 11.6 Å². The lowest BCUT2D eigenvalue weighted by atomic mass is 10.2. The van der Waals surface area contributed by atoms with Crippen molar-refractivity contribution in [2.45, 2.75) is 18.9 Å². The van der Waals surface area contributed by atoms with Crippen LogP contribution in [0.3, 0.4) is 0 Å². The van der Waals surface area contributed by atoms with Crippen molar-refractivity contribution in [2.24, 2.45) is 0 Å². The smallest absolute Gasteiger partial charge is 0.322 e. The molecule has 1 aliphatic heterocycles. The number of nitrogens with one attached hydrogen (secondary N) is 2. The Hall–Kier alpha value is -2.73. The lowest BCUT2D eigenvalue weighted by Gasteiger charge is -2.24. The van der Waals surface area contributed by atoms with Gasteiger partial charge in [0.1, 0.15) is 11.8 Å². The molecule has 3 amide bonds. The van der Waals surface area contributed by atoms with Crippen LogP contribution in [-0.2, 0) is 4.79 Å². The van der Waals surface area contributed by atoms with Gasteiger partial charge in [-0.3, -0.25) is 4.79 Å². The summed E-state index contributed by atoms with van der Waals surface area (Å²) in [4.78, 5) is 26.7. The van der Waals surface area contributed by atoms with Gasteiger partial charge < -0.3 is 20.3 Å². The van der Waals surface area contributed by atoms with E-state index in [1.165, 1.54) is 0 Å². The van der Waals surface area contributed by atoms with Crippen molar-refractivity contribution in [3.63, 3.8) is 0 Å². The van der Waals surface area contributed by atoms with Gasteiger partial charge >= 0.3 is 6.03 Å². The maximum absolute atomic E-state index is 12.6. The van der Waals surface area contributed by atoms with E-state index in [-0.39, 0.29) is 11.9 Å². The van der Waals surface area contributed by atoms with E-state index in [1.807, 2.05) is 0 Å². The molecular weight excluding hydrogens is 354 g/mol. The molecule has 1 unspecified atom stereocenters. The fourth-order valence-electron chi connectivity index (χ4n) is 2.91. The highest BCUT2D eigenvalue weighted by Crippen LogP contribution is 2.22. The number of likely N-dealkylation sites (tertiary alicyclic amines) is 1. The van der Waals surface area contributed by atoms with Gasteiger partial charge in [0.05, 0.1) is 7.11 Å². The van der Waals surface area contributed by atoms with E-state index in [4.69, 9.17) is 16.3 Å². The summed E-state index contributed by atoms with van der Waals surface area (Å²) in [5.74, 6) is 0.520. The highest BCUT2D eigenvalue weighted by Gasteiger charge is 2.34. The maximum atomic E-state index is 12.6. The van der Waals surface area contributed by atoms with Crippen LogP contribution < -0.4 is 15.4 Å². The van der Waals surface area contributed by atoms with Crippen LogP contribution in [0.1, 0.15) is 12.8 Å². The molecule has 2 aromatic rings. The molecule has 3 rings (SSSR count). The average molecular weight is 374 g/mol. The minimum atomic E-state index is -0.496. The van der Waals surface area contributed by atoms with Crippen molar-refractivity contribution in [1.82, 2.24) is 4.90 Å². The number of hydrogen-bond donors (Lipinski definition) is 2. The molecule has 6 nitrogen and oxygen atoms in total. The number of carbonyl (C=O) groups excluding carboxylic acids is 2. The number of carbonyl (C=O) groups is 2. The Labute approximate surface area is 157 Å². The Balaban J connectivity index is 1.63. The molecule has 1 saturated heterocycles. The Bertz CT molecular complexity index is 778. The van der Waals surface area contributed by atoms with Crippen LogP contribution in [0.15, 0.2) is 48.5 Å². The molecule has 1 fully saturated rings. The zero-order chi connectivity index (χ0) is 18.5. The highest BCUT2D eigenvalue weighted by atomic mass is 35.5. The number of hydrogen-bond acceptors (Lipinski definition) is 3. The van der Waals surface area contributed by atoms with Crippen LogP contribution in [0.25, 0.3) is 0 Å². The van der Waals surface area contributed by atoms with E-state index in [9.17, 15) is 9.59 Å². The van der Waals surface area contributed by atoms with E-state index >= 15 is 0 Å². The van der Waals surface area contributed by atoms with Crippen molar-refractivity contribution < 1.29 is 14.3 Å². The second-order valence-corrected chi connectivity index (χ2v) is 6.44. The Morgan fingerprint density at radius 1 is 1.04 bits per heavy atom. The summed E-state index contributed by atoms with van der Waals surface area (Å²) in [6, 6.07) is 13.2. The average Bonchev–Trinajstić information content (AvgIpc) is 3.14. The third kappa shape index (κ3) is 4.26. The van der Waals surface area contributed by atoms with Crippen molar-refractivity contribution in [3.05, 3.63) is 53.6 Å². The van der Waals surface area contributed by atoms with Gasteiger partial charge in [-0.05, 0) is 61.4 Å². The summed E-state index contributed by atoms with van der Waals surface area (Å²) >= 11 is 5.85. The Morgan fingerprint density at radius 3 is 2.31 bits per heavy atom. The minimum absolute atomic E-state index is 0.195. The normalized spacial score (nSPS) is 16.2. The SMILES string of the molecule is COc1ccc(NC(=O)C2CCCN2C(=O)Nc2ccc(Cl)cc2)cc1. The first-order valence-corrected chi connectivity index (χ1v) is 8.73. The molecule has 1 aliphatic rings. The minimum Gasteiger partial charge on any atom is -0.497 e. The molecular formula is C19H20ClN3O3. The molecule has 1 atom stereocenters. The predicted octanol–water partition coefficient (Wildman–Crippen LogP) is 3.98. The van der Waals surface area contributed by atoms with E-state index in [0.29, 0.717) is 35.1 Å². The monoisotopic (exact) mass is 373 g/mol. The van der Waals surface area contributed by atoms with Crippen LogP contribution in [0.4, 0.5) is 16.2 Å². The van der Waals surface area contributed by atoms with Crippen molar-refractivity contribution in [3.8, 4) is 5.75 Å². The zero-order valence-corrected chi connectivity index (χ0v) is 15.1. The fourth-order valence-corrected chi connectivity index (χ4v) is 3.04. The summed E-state index contributed by atoms with van der Waals surface area (Å²) in [5.41, 5.74) is 1.31. The fraction of sp³-hybridized carbons (Fsp3) is 0.263. The van der Waals surface area contributed by atoms with Gasteiger partial charge in [-0.2, -0.15) is 0 Å². The predicted molar refractivity (Wildman–Crippen MR) is 102 cm³/mol. The van der Waals surface area contributed by atoms with Gasteiger partial charge in [-0.15, -0.1) is 0 Å². The van der Waals surface area contributed by atoms with Gasteiger partial charge in [0.15, 0.2) is 0 Å². The molecule has 7 heteroatoms. The van der Waals surface area contributed by atoms with E-state index < -0.39 is 6.04 Å². The molecule has 26 heavy (non-hydrogen) atoms. The molecule has 2 aromatic carbocycles. The van der Waals surface area contributed by atoms with Crippen LogP contribution in [0.2, 0.25) is 5.02 Å². The number of urea groups is 1. The lowest BCUT2D eigenvalue weighted by Crippen LogP contribution is -2.45. The second-order valence-electron chi connectivity index (χ2n) is 6.01. The lowest BCUT2D eigenvalue weighted by molar-refractivity contribution is -0.119. The summed E-state index contributed by atoms with van der Waals surface area (Å²) in [6.07, 6.45) is 1.42. The molecule has 2 N–H and O–H groups in total. The Kier molecular flexibility index (Phi) is 5.63. The number of amides is 3. The van der Waals surface area contributed by atoms with Crippen LogP contribution in [0, 0.1) is 0 Å². The summed E-state index contributed by atoms with van der Waals surface area (Å²) in [5, 5.41) is 6.26. The highest BCUT2D eigenvalue weighted by molar-refractivity contribution is 6.30. The third-order valence-electron chi connectivity index (χ3n) is 4.27. The van der Waals surface area contributed by atoms with Gasteiger partial charge in [-0.1, -0.05) is 11.6 Å². The number of halogens is 1. The Morgan fingerprint density at radius 2 is 1.65 bits per heavy atom. The second kappa shape index (κ2) is 8.10. The zero-order valence-electron chi connectivity index (χ0n) is 14.4. The summed E-state index contributed by atoms with van der Waals surface area (Å²) in [7, 11) is 1.59. The number of ether oxygens (including phenoxy) is 1. The van der Waals surface area contributed by atoms with Gasteiger partial charge in [0.25, 0.3) is 0 Å². The van der Waals surface area contributed by atoms with Gasteiger partial charge in [0.2, 0.25) is 5.91 Å². The molecule has 0 bridgehead atoms. The summed E-state index contributed by atoms with van der Waals surface area (Å²) < 4.78 is 5.10. The van der Waals surface area contributed by atoms with E-state index in [2.05, 4.69) is 10.6 Å². The number of benzene rings is 2. The van der Waals surface area contributed by atoms with Crippen molar-refractivity contribution in [1.29, 1.82) is 0 Å². The molecule has 0 aromatic heterocycles. The number of nitrogens with zero attached hydrogens (tertiary/aromatic N) is 1.